The van der Waals surface area contributed by atoms with Gasteiger partial charge in [0.1, 0.15) is 5.75 Å². The van der Waals surface area contributed by atoms with Crippen LogP contribution in [-0.2, 0) is 4.79 Å². The lowest BCUT2D eigenvalue weighted by atomic mass is 10.2. The van der Waals surface area contributed by atoms with Crippen molar-refractivity contribution in [1.82, 2.24) is 0 Å². The fourth-order valence-corrected chi connectivity index (χ4v) is 2.72. The van der Waals surface area contributed by atoms with Gasteiger partial charge in [-0.15, -0.1) is 0 Å². The number of ether oxygens (including phenoxy) is 1. The maximum Gasteiger partial charge on any atom is 0.255 e. The number of halogens is 1. The molecule has 0 radical (unpaired) electrons. The number of hydrogen-bond acceptors (Lipinski definition) is 3. The van der Waals surface area contributed by atoms with Gasteiger partial charge in [-0.1, -0.05) is 35.7 Å². The maximum absolute atomic E-state index is 12.5. The Morgan fingerprint density at radius 1 is 1.00 bits per heavy atom. The molecular weight excluding hydrogens is 396 g/mol. The molecule has 0 bridgehead atoms. The van der Waals surface area contributed by atoms with Crippen LogP contribution in [0.2, 0.25) is 0 Å². The van der Waals surface area contributed by atoms with Gasteiger partial charge in [0, 0.05) is 17.0 Å². The molecule has 2 aromatic rings. The molecule has 2 rings (SSSR count). The van der Waals surface area contributed by atoms with Crippen molar-refractivity contribution in [2.24, 2.45) is 0 Å². The van der Waals surface area contributed by atoms with Gasteiger partial charge in [0.05, 0.1) is 18.0 Å². The molecule has 0 aliphatic rings. The molecule has 0 aromatic heterocycles. The quantitative estimate of drug-likeness (QED) is 0.576. The molecule has 0 aliphatic carbocycles. The van der Waals surface area contributed by atoms with Crippen LogP contribution in [-0.4, -0.2) is 18.4 Å². The first-order valence-electron chi connectivity index (χ1n) is 8.61. The number of hydrogen-bond donors (Lipinski definition) is 2. The molecule has 5 nitrogen and oxygen atoms in total. The smallest absolute Gasteiger partial charge is 0.255 e. The Labute approximate surface area is 162 Å². The third kappa shape index (κ3) is 6.19. The molecule has 2 N–H and O–H groups in total. The number of nitrogens with one attached hydrogen (secondary N) is 2. The van der Waals surface area contributed by atoms with Crippen molar-refractivity contribution in [1.29, 1.82) is 0 Å². The van der Waals surface area contributed by atoms with Crippen molar-refractivity contribution >= 4 is 39.1 Å². The molecule has 138 valence electrons. The predicted octanol–water partition coefficient (Wildman–Crippen LogP) is 5.23. The Balaban J connectivity index is 2.03. The van der Waals surface area contributed by atoms with Crippen LogP contribution in [0, 0.1) is 0 Å². The second-order valence-electron chi connectivity index (χ2n) is 5.91. The average Bonchev–Trinajstić information content (AvgIpc) is 2.61. The van der Waals surface area contributed by atoms with E-state index in [2.05, 4.69) is 33.5 Å². The fraction of sp³-hybridized carbons (Fsp3) is 0.300. The Bertz CT molecular complexity index is 760. The van der Waals surface area contributed by atoms with E-state index in [1.165, 1.54) is 6.92 Å². The van der Waals surface area contributed by atoms with Gasteiger partial charge in [-0.2, -0.15) is 0 Å². The van der Waals surface area contributed by atoms with E-state index >= 15 is 0 Å². The zero-order valence-electron chi connectivity index (χ0n) is 15.0. The number of anilines is 2. The lowest BCUT2D eigenvalue weighted by Gasteiger charge is -2.12. The lowest BCUT2D eigenvalue weighted by Crippen LogP contribution is -2.15. The summed E-state index contributed by atoms with van der Waals surface area (Å²) in [5.74, 6) is 0.290. The Kier molecular flexibility index (Phi) is 7.66. The van der Waals surface area contributed by atoms with Gasteiger partial charge < -0.3 is 15.4 Å². The molecule has 0 heterocycles. The van der Waals surface area contributed by atoms with E-state index in [0.717, 1.165) is 29.5 Å². The minimum absolute atomic E-state index is 0.201. The highest BCUT2D eigenvalue weighted by Gasteiger charge is 2.11. The number of carbonyl (C=O) groups excluding carboxylic acids is 2. The van der Waals surface area contributed by atoms with E-state index < -0.39 is 0 Å². The molecule has 0 unspecified atom stereocenters. The van der Waals surface area contributed by atoms with Crippen molar-refractivity contribution in [3.8, 4) is 5.75 Å². The topological polar surface area (TPSA) is 67.4 Å². The van der Waals surface area contributed by atoms with Crippen molar-refractivity contribution in [2.75, 3.05) is 17.2 Å². The summed E-state index contributed by atoms with van der Waals surface area (Å²) in [6.07, 6.45) is 3.32. The van der Waals surface area contributed by atoms with E-state index in [-0.39, 0.29) is 11.8 Å². The third-order valence-corrected chi connectivity index (χ3v) is 4.17. The van der Waals surface area contributed by atoms with Crippen molar-refractivity contribution in [3.63, 3.8) is 0 Å². The second-order valence-corrected chi connectivity index (χ2v) is 6.82. The van der Waals surface area contributed by atoms with E-state index in [1.54, 1.807) is 42.5 Å². The molecule has 0 spiro atoms. The molecule has 0 fully saturated rings. The summed E-state index contributed by atoms with van der Waals surface area (Å²) < 4.78 is 6.46. The van der Waals surface area contributed by atoms with Crippen molar-refractivity contribution in [3.05, 3.63) is 52.5 Å². The molecular formula is C20H23BrN2O3. The Hall–Kier alpha value is -2.34. The number of amides is 2. The van der Waals surface area contributed by atoms with Gasteiger partial charge in [-0.25, -0.2) is 0 Å². The summed E-state index contributed by atoms with van der Waals surface area (Å²) in [6.45, 7) is 4.25. The summed E-state index contributed by atoms with van der Waals surface area (Å²) in [7, 11) is 0. The van der Waals surface area contributed by atoms with Crippen LogP contribution in [0.3, 0.4) is 0 Å². The predicted molar refractivity (Wildman–Crippen MR) is 108 cm³/mol. The first kappa shape index (κ1) is 20.0. The van der Waals surface area contributed by atoms with E-state index in [0.29, 0.717) is 23.5 Å². The van der Waals surface area contributed by atoms with Crippen LogP contribution < -0.4 is 15.4 Å². The first-order chi connectivity index (χ1) is 12.5. The van der Waals surface area contributed by atoms with Gasteiger partial charge in [-0.3, -0.25) is 9.59 Å². The SMILES string of the molecule is CCCCCOc1ccc(C(=O)Nc2cc(Br)ccc2NC(C)=O)cc1. The van der Waals surface area contributed by atoms with Crippen LogP contribution in [0.5, 0.6) is 5.75 Å². The van der Waals surface area contributed by atoms with Crippen molar-refractivity contribution in [2.45, 2.75) is 33.1 Å². The number of unbranched alkanes of at least 4 members (excludes halogenated alkanes) is 2. The molecule has 26 heavy (non-hydrogen) atoms. The van der Waals surface area contributed by atoms with Crippen LogP contribution in [0.4, 0.5) is 11.4 Å². The largest absolute Gasteiger partial charge is 0.494 e. The van der Waals surface area contributed by atoms with E-state index in [4.69, 9.17) is 4.74 Å². The zero-order chi connectivity index (χ0) is 18.9. The molecule has 0 saturated heterocycles. The molecule has 2 aromatic carbocycles. The van der Waals surface area contributed by atoms with Gasteiger partial charge in [0.2, 0.25) is 5.91 Å². The van der Waals surface area contributed by atoms with Crippen LogP contribution in [0.1, 0.15) is 43.5 Å². The van der Waals surface area contributed by atoms with Crippen LogP contribution >= 0.6 is 15.9 Å². The second kappa shape index (κ2) is 9.97. The average molecular weight is 419 g/mol. The standard InChI is InChI=1S/C20H23BrN2O3/c1-3-4-5-12-26-17-9-6-15(7-10-17)20(25)23-19-13-16(21)8-11-18(19)22-14(2)24/h6-11,13H,3-5,12H2,1-2H3,(H,22,24)(H,23,25). The summed E-state index contributed by atoms with van der Waals surface area (Å²) in [5, 5.41) is 5.53. The van der Waals surface area contributed by atoms with Crippen LogP contribution in [0.25, 0.3) is 0 Å². The minimum atomic E-state index is -0.257. The Morgan fingerprint density at radius 2 is 1.73 bits per heavy atom. The van der Waals surface area contributed by atoms with Crippen molar-refractivity contribution < 1.29 is 14.3 Å². The molecule has 2 amide bonds. The molecule has 6 heteroatoms. The minimum Gasteiger partial charge on any atom is -0.494 e. The number of carbonyl (C=O) groups is 2. The summed E-state index contributed by atoms with van der Waals surface area (Å²) in [4.78, 5) is 23.8. The first-order valence-corrected chi connectivity index (χ1v) is 9.40. The normalized spacial score (nSPS) is 10.3. The van der Waals surface area contributed by atoms with Crippen LogP contribution in [0.15, 0.2) is 46.9 Å². The number of benzene rings is 2. The summed E-state index contributed by atoms with van der Waals surface area (Å²) in [5.41, 5.74) is 1.59. The molecule has 0 aliphatic heterocycles. The summed E-state index contributed by atoms with van der Waals surface area (Å²) in [6, 6.07) is 12.3. The van der Waals surface area contributed by atoms with Gasteiger partial charge in [-0.05, 0) is 48.9 Å². The molecule has 0 atom stereocenters. The number of rotatable bonds is 8. The Morgan fingerprint density at radius 3 is 2.38 bits per heavy atom. The maximum atomic E-state index is 12.5. The lowest BCUT2D eigenvalue weighted by molar-refractivity contribution is -0.114. The zero-order valence-corrected chi connectivity index (χ0v) is 16.6. The van der Waals surface area contributed by atoms with E-state index in [1.807, 2.05) is 0 Å². The molecule has 0 saturated carbocycles. The van der Waals surface area contributed by atoms with Gasteiger partial charge in [0.15, 0.2) is 0 Å². The third-order valence-electron chi connectivity index (χ3n) is 3.67. The van der Waals surface area contributed by atoms with E-state index in [9.17, 15) is 9.59 Å². The van der Waals surface area contributed by atoms with Gasteiger partial charge in [0.25, 0.3) is 5.91 Å². The highest BCUT2D eigenvalue weighted by molar-refractivity contribution is 9.10. The fourth-order valence-electron chi connectivity index (χ4n) is 2.36. The highest BCUT2D eigenvalue weighted by Crippen LogP contribution is 2.27. The summed E-state index contributed by atoms with van der Waals surface area (Å²) >= 11 is 3.37. The highest BCUT2D eigenvalue weighted by atomic mass is 79.9. The monoisotopic (exact) mass is 418 g/mol. The van der Waals surface area contributed by atoms with Gasteiger partial charge >= 0.3 is 0 Å².